The number of aldehydes is 1. The normalized spacial score (nSPS) is 33.5. The molecule has 0 radical (unpaired) electrons. The first-order valence-corrected chi connectivity index (χ1v) is 6.53. The lowest BCUT2D eigenvalue weighted by Crippen LogP contribution is -2.34. The summed E-state index contributed by atoms with van der Waals surface area (Å²) in [6.45, 7) is 6.59. The molecule has 2 nitrogen and oxygen atoms in total. The maximum absolute atomic E-state index is 11.2. The third kappa shape index (κ3) is 2.23. The molecule has 17 heavy (non-hydrogen) atoms. The molecule has 0 bridgehead atoms. The van der Waals surface area contributed by atoms with E-state index in [9.17, 15) is 9.90 Å². The molecule has 2 heteroatoms. The van der Waals surface area contributed by atoms with Crippen molar-refractivity contribution in [3.8, 4) is 0 Å². The number of aliphatic hydroxyl groups excluding tert-OH is 1. The molecule has 0 spiro atoms. The van der Waals surface area contributed by atoms with Gasteiger partial charge in [0.05, 0.1) is 6.10 Å². The minimum Gasteiger partial charge on any atom is -0.393 e. The molecule has 0 saturated heterocycles. The van der Waals surface area contributed by atoms with Crippen LogP contribution >= 0.6 is 0 Å². The molecule has 1 N–H and O–H groups in total. The Labute approximate surface area is 103 Å². The van der Waals surface area contributed by atoms with Gasteiger partial charge in [0.2, 0.25) is 0 Å². The van der Waals surface area contributed by atoms with Gasteiger partial charge >= 0.3 is 0 Å². The Bertz CT molecular complexity index is 390. The molecule has 0 unspecified atom stereocenters. The van der Waals surface area contributed by atoms with Crippen molar-refractivity contribution in [2.24, 2.45) is 11.3 Å². The summed E-state index contributed by atoms with van der Waals surface area (Å²) in [5, 5.41) is 9.88. The van der Waals surface area contributed by atoms with Crippen molar-refractivity contribution in [3.63, 3.8) is 0 Å². The van der Waals surface area contributed by atoms with Gasteiger partial charge in [-0.05, 0) is 41.7 Å². The van der Waals surface area contributed by atoms with Crippen LogP contribution in [0.5, 0.6) is 0 Å². The molecule has 0 aromatic carbocycles. The van der Waals surface area contributed by atoms with E-state index in [-0.39, 0.29) is 11.5 Å². The molecule has 0 aromatic rings. The topological polar surface area (TPSA) is 37.3 Å². The Balaban J connectivity index is 2.47. The summed E-state index contributed by atoms with van der Waals surface area (Å²) in [5.41, 5.74) is 3.44. The van der Waals surface area contributed by atoms with E-state index in [0.29, 0.717) is 12.3 Å². The molecule has 0 saturated carbocycles. The number of fused-ring (bicyclic) bond motifs is 1. The number of rotatable bonds is 2. The highest BCUT2D eigenvalue weighted by Crippen LogP contribution is 2.49. The van der Waals surface area contributed by atoms with Gasteiger partial charge in [-0.2, -0.15) is 0 Å². The van der Waals surface area contributed by atoms with Crippen LogP contribution in [0.1, 0.15) is 46.5 Å². The first-order valence-electron chi connectivity index (χ1n) is 6.53. The molecule has 2 aliphatic rings. The molecule has 0 aromatic heterocycles. The minimum absolute atomic E-state index is 0.00625. The van der Waals surface area contributed by atoms with Crippen LogP contribution in [-0.4, -0.2) is 17.5 Å². The number of allylic oxidation sites excluding steroid dienone is 3. The molecule has 0 fully saturated rings. The second-order valence-electron chi connectivity index (χ2n) is 6.05. The molecule has 0 heterocycles. The zero-order chi connectivity index (χ0) is 12.6. The molecule has 2 aliphatic carbocycles. The minimum atomic E-state index is -0.349. The Morgan fingerprint density at radius 3 is 2.82 bits per heavy atom. The Hall–Kier alpha value is -0.890. The van der Waals surface area contributed by atoms with E-state index in [1.54, 1.807) is 0 Å². The van der Waals surface area contributed by atoms with Crippen molar-refractivity contribution >= 4 is 6.29 Å². The van der Waals surface area contributed by atoms with Crippen LogP contribution in [0.15, 0.2) is 22.8 Å². The molecule has 94 valence electrons. The highest BCUT2D eigenvalue weighted by molar-refractivity contribution is 5.77. The maximum Gasteiger partial charge on any atom is 0.146 e. The van der Waals surface area contributed by atoms with Crippen molar-refractivity contribution in [1.82, 2.24) is 0 Å². The number of hydrogen-bond donors (Lipinski definition) is 1. The quantitative estimate of drug-likeness (QED) is 0.746. The van der Waals surface area contributed by atoms with E-state index in [4.69, 9.17) is 0 Å². The van der Waals surface area contributed by atoms with E-state index in [1.807, 2.05) is 0 Å². The van der Waals surface area contributed by atoms with Crippen molar-refractivity contribution in [3.05, 3.63) is 22.8 Å². The number of carbonyl (C=O) groups is 1. The van der Waals surface area contributed by atoms with Crippen LogP contribution in [0.2, 0.25) is 0 Å². The third-order valence-electron chi connectivity index (χ3n) is 4.32. The van der Waals surface area contributed by atoms with Gasteiger partial charge in [-0.3, -0.25) is 4.79 Å². The lowest BCUT2D eigenvalue weighted by molar-refractivity contribution is -0.105. The van der Waals surface area contributed by atoms with E-state index in [0.717, 1.165) is 31.1 Å². The lowest BCUT2D eigenvalue weighted by atomic mass is 9.63. The fourth-order valence-electron chi connectivity index (χ4n) is 3.20. The van der Waals surface area contributed by atoms with Crippen LogP contribution in [-0.2, 0) is 4.79 Å². The predicted octanol–water partition coefficient (Wildman–Crippen LogP) is 3.02. The average molecular weight is 234 g/mol. The zero-order valence-corrected chi connectivity index (χ0v) is 11.0. The van der Waals surface area contributed by atoms with Crippen LogP contribution in [0.3, 0.4) is 0 Å². The first-order chi connectivity index (χ1) is 7.96. The van der Waals surface area contributed by atoms with E-state index < -0.39 is 0 Å². The van der Waals surface area contributed by atoms with Gasteiger partial charge in [0, 0.05) is 6.42 Å². The Morgan fingerprint density at radius 1 is 1.53 bits per heavy atom. The van der Waals surface area contributed by atoms with Crippen molar-refractivity contribution in [1.29, 1.82) is 0 Å². The monoisotopic (exact) mass is 234 g/mol. The number of carbonyl (C=O) groups excluding carboxylic acids is 1. The Morgan fingerprint density at radius 2 is 2.24 bits per heavy atom. The molecule has 0 aliphatic heterocycles. The highest BCUT2D eigenvalue weighted by Gasteiger charge is 2.39. The summed E-state index contributed by atoms with van der Waals surface area (Å²) >= 11 is 0. The SMILES string of the molecule is CC(C)C1=CC2=C(C=O)C[C@H](O)C[C@]2(C)CC1. The molecule has 2 atom stereocenters. The summed E-state index contributed by atoms with van der Waals surface area (Å²) in [4.78, 5) is 11.2. The van der Waals surface area contributed by atoms with Gasteiger partial charge in [-0.15, -0.1) is 0 Å². The summed E-state index contributed by atoms with van der Waals surface area (Å²) < 4.78 is 0. The highest BCUT2D eigenvalue weighted by atomic mass is 16.3. The predicted molar refractivity (Wildman–Crippen MR) is 68.6 cm³/mol. The van der Waals surface area contributed by atoms with Crippen molar-refractivity contribution < 1.29 is 9.90 Å². The molecular formula is C15H22O2. The van der Waals surface area contributed by atoms with Gasteiger partial charge in [0.1, 0.15) is 6.29 Å². The zero-order valence-electron chi connectivity index (χ0n) is 11.0. The van der Waals surface area contributed by atoms with Crippen LogP contribution in [0.4, 0.5) is 0 Å². The van der Waals surface area contributed by atoms with Gasteiger partial charge in [0.15, 0.2) is 0 Å². The molecular weight excluding hydrogens is 212 g/mol. The third-order valence-corrected chi connectivity index (χ3v) is 4.32. The molecule has 0 amide bonds. The van der Waals surface area contributed by atoms with Gasteiger partial charge < -0.3 is 5.11 Å². The second-order valence-corrected chi connectivity index (χ2v) is 6.05. The second kappa shape index (κ2) is 4.41. The van der Waals surface area contributed by atoms with E-state index >= 15 is 0 Å². The fraction of sp³-hybridized carbons (Fsp3) is 0.667. The van der Waals surface area contributed by atoms with Crippen molar-refractivity contribution in [2.45, 2.75) is 52.6 Å². The van der Waals surface area contributed by atoms with Gasteiger partial charge in [-0.25, -0.2) is 0 Å². The van der Waals surface area contributed by atoms with Crippen LogP contribution in [0, 0.1) is 11.3 Å². The van der Waals surface area contributed by atoms with Crippen LogP contribution in [0.25, 0.3) is 0 Å². The van der Waals surface area contributed by atoms with Gasteiger partial charge in [-0.1, -0.05) is 32.4 Å². The van der Waals surface area contributed by atoms with Crippen LogP contribution < -0.4 is 0 Å². The largest absolute Gasteiger partial charge is 0.393 e. The Kier molecular flexibility index (Phi) is 3.26. The van der Waals surface area contributed by atoms with Crippen molar-refractivity contribution in [2.75, 3.05) is 0 Å². The fourth-order valence-corrected chi connectivity index (χ4v) is 3.20. The first kappa shape index (κ1) is 12.6. The van der Waals surface area contributed by atoms with E-state index in [2.05, 4.69) is 26.8 Å². The average Bonchev–Trinajstić information content (AvgIpc) is 2.25. The maximum atomic E-state index is 11.2. The summed E-state index contributed by atoms with van der Waals surface area (Å²) in [5.74, 6) is 0.548. The summed E-state index contributed by atoms with van der Waals surface area (Å²) in [6, 6.07) is 0. The number of aliphatic hydroxyl groups is 1. The van der Waals surface area contributed by atoms with Gasteiger partial charge in [0.25, 0.3) is 0 Å². The lowest BCUT2D eigenvalue weighted by Gasteiger charge is -2.42. The standard InChI is InChI=1S/C15H22O2/c1-10(2)11-4-5-15(3)8-13(17)6-12(9-16)14(15)7-11/h7,9-10,13,17H,4-6,8H2,1-3H3/t13-,15-/m0/s1. The molecule has 2 rings (SSSR count). The summed E-state index contributed by atoms with van der Waals surface area (Å²) in [6.07, 6.45) is 6.28. The summed E-state index contributed by atoms with van der Waals surface area (Å²) in [7, 11) is 0. The number of hydrogen-bond acceptors (Lipinski definition) is 2. The van der Waals surface area contributed by atoms with E-state index in [1.165, 1.54) is 11.1 Å². The smallest absolute Gasteiger partial charge is 0.146 e.